The van der Waals surface area contributed by atoms with Gasteiger partial charge in [-0.1, -0.05) is 0 Å². The van der Waals surface area contributed by atoms with Gasteiger partial charge in [-0.3, -0.25) is 4.99 Å². The topological polar surface area (TPSA) is 80.3 Å². The lowest BCUT2D eigenvalue weighted by Gasteiger charge is -2.16. The van der Waals surface area contributed by atoms with Crippen LogP contribution in [0.15, 0.2) is 35.5 Å². The van der Waals surface area contributed by atoms with Gasteiger partial charge in [0, 0.05) is 38.1 Å². The molecule has 0 aromatic carbocycles. The standard InChI is InChI=1S/C19H19FN6S/c1-22-11-12(10-21)14-5-6-15-18(23-14)25-19(27-15)13-4-7-16(24-17(13)20)26-8-2-3-9-26/h4-7,10-11H,2-3,8-9,21H2,1H3. The Hall–Kier alpha value is -2.87. The fraction of sp³-hybridized carbons (Fsp3) is 0.263. The normalized spacial score (nSPS) is 15.3. The summed E-state index contributed by atoms with van der Waals surface area (Å²) in [6.07, 6.45) is 5.34. The number of aliphatic imine (C=N–C) groups is 1. The van der Waals surface area contributed by atoms with Crippen LogP contribution in [0.1, 0.15) is 18.5 Å². The number of rotatable bonds is 4. The van der Waals surface area contributed by atoms with E-state index < -0.39 is 5.95 Å². The third kappa shape index (κ3) is 3.40. The number of anilines is 1. The predicted octanol–water partition coefficient (Wildman–Crippen LogP) is 3.49. The van der Waals surface area contributed by atoms with Crippen LogP contribution in [0.5, 0.6) is 0 Å². The molecule has 1 fully saturated rings. The first kappa shape index (κ1) is 17.5. The molecule has 0 unspecified atom stereocenters. The molecule has 0 bridgehead atoms. The Morgan fingerprint density at radius 2 is 2.00 bits per heavy atom. The number of nitrogens with two attached hydrogens (primary N) is 1. The highest BCUT2D eigenvalue weighted by Gasteiger charge is 2.18. The molecule has 138 valence electrons. The zero-order valence-electron chi connectivity index (χ0n) is 14.9. The maximum absolute atomic E-state index is 14.6. The molecule has 1 saturated heterocycles. The van der Waals surface area contributed by atoms with Gasteiger partial charge in [0.15, 0.2) is 5.65 Å². The van der Waals surface area contributed by atoms with Crippen LogP contribution >= 0.6 is 11.3 Å². The molecule has 0 spiro atoms. The molecule has 0 atom stereocenters. The molecule has 6 nitrogen and oxygen atoms in total. The lowest BCUT2D eigenvalue weighted by molar-refractivity contribution is 0.586. The highest BCUT2D eigenvalue weighted by Crippen LogP contribution is 2.32. The van der Waals surface area contributed by atoms with Gasteiger partial charge < -0.3 is 10.6 Å². The lowest BCUT2D eigenvalue weighted by Crippen LogP contribution is -2.19. The van der Waals surface area contributed by atoms with Gasteiger partial charge in [-0.2, -0.15) is 4.39 Å². The van der Waals surface area contributed by atoms with E-state index in [0.717, 1.165) is 30.6 Å². The van der Waals surface area contributed by atoms with Crippen molar-refractivity contribution in [3.63, 3.8) is 0 Å². The van der Waals surface area contributed by atoms with E-state index in [1.54, 1.807) is 19.3 Å². The van der Waals surface area contributed by atoms with Crippen molar-refractivity contribution in [2.24, 2.45) is 10.7 Å². The van der Waals surface area contributed by atoms with Crippen LogP contribution in [0.3, 0.4) is 0 Å². The predicted molar refractivity (Wildman–Crippen MR) is 109 cm³/mol. The van der Waals surface area contributed by atoms with E-state index in [0.29, 0.717) is 33.3 Å². The maximum atomic E-state index is 14.6. The van der Waals surface area contributed by atoms with Gasteiger partial charge in [0.1, 0.15) is 10.8 Å². The van der Waals surface area contributed by atoms with Crippen molar-refractivity contribution in [1.29, 1.82) is 0 Å². The molecule has 3 aromatic heterocycles. The van der Waals surface area contributed by atoms with Crippen molar-refractivity contribution in [3.05, 3.63) is 42.1 Å². The van der Waals surface area contributed by atoms with Crippen molar-refractivity contribution in [3.8, 4) is 10.6 Å². The third-order valence-electron chi connectivity index (χ3n) is 4.49. The summed E-state index contributed by atoms with van der Waals surface area (Å²) in [4.78, 5) is 19.3. The Morgan fingerprint density at radius 1 is 1.19 bits per heavy atom. The summed E-state index contributed by atoms with van der Waals surface area (Å²) in [5.74, 6) is 0.186. The number of allylic oxidation sites excluding steroid dienone is 1. The molecule has 4 rings (SSSR count). The molecular formula is C19H19FN6S. The van der Waals surface area contributed by atoms with Crippen LogP contribution in [-0.4, -0.2) is 41.3 Å². The van der Waals surface area contributed by atoms with Crippen molar-refractivity contribution in [2.45, 2.75) is 12.8 Å². The number of nitrogens with zero attached hydrogens (tertiary/aromatic N) is 5. The molecule has 0 amide bonds. The first-order chi connectivity index (χ1) is 13.2. The second-order valence-corrected chi connectivity index (χ2v) is 7.28. The average molecular weight is 382 g/mol. The fourth-order valence-corrected chi connectivity index (χ4v) is 4.06. The molecule has 4 heterocycles. The Balaban J connectivity index is 1.69. The molecule has 1 aliphatic rings. The summed E-state index contributed by atoms with van der Waals surface area (Å²) in [5.41, 5.74) is 7.98. The zero-order valence-corrected chi connectivity index (χ0v) is 15.7. The minimum absolute atomic E-state index is 0.396. The number of hydrogen-bond donors (Lipinski definition) is 1. The zero-order chi connectivity index (χ0) is 18.8. The molecule has 8 heteroatoms. The number of pyridine rings is 2. The summed E-state index contributed by atoms with van der Waals surface area (Å²) < 4.78 is 15.5. The van der Waals surface area contributed by atoms with E-state index in [2.05, 4.69) is 24.8 Å². The monoisotopic (exact) mass is 382 g/mol. The number of halogens is 1. The Kier molecular flexibility index (Phi) is 4.81. The second kappa shape index (κ2) is 7.40. The van der Waals surface area contributed by atoms with Crippen LogP contribution in [-0.2, 0) is 0 Å². The number of hydrogen-bond acceptors (Lipinski definition) is 7. The van der Waals surface area contributed by atoms with E-state index in [1.165, 1.54) is 17.5 Å². The van der Waals surface area contributed by atoms with Gasteiger partial charge in [0.25, 0.3) is 0 Å². The molecule has 0 radical (unpaired) electrons. The molecule has 2 N–H and O–H groups in total. The number of thiazole rings is 1. The van der Waals surface area contributed by atoms with Crippen LogP contribution < -0.4 is 10.6 Å². The van der Waals surface area contributed by atoms with Crippen molar-refractivity contribution < 1.29 is 4.39 Å². The minimum atomic E-state index is -0.501. The number of fused-ring (bicyclic) bond motifs is 1. The van der Waals surface area contributed by atoms with Crippen LogP contribution in [0.4, 0.5) is 10.2 Å². The summed E-state index contributed by atoms with van der Waals surface area (Å²) in [5, 5.41) is 0.565. The van der Waals surface area contributed by atoms with Crippen molar-refractivity contribution >= 4 is 39.3 Å². The van der Waals surface area contributed by atoms with Crippen LogP contribution in [0.25, 0.3) is 26.5 Å². The molecule has 1 aliphatic heterocycles. The van der Waals surface area contributed by atoms with Crippen molar-refractivity contribution in [2.75, 3.05) is 25.0 Å². The molecular weight excluding hydrogens is 363 g/mol. The Bertz CT molecular complexity index is 1040. The van der Waals surface area contributed by atoms with Gasteiger partial charge in [-0.05, 0) is 37.1 Å². The van der Waals surface area contributed by atoms with Gasteiger partial charge in [0.2, 0.25) is 5.95 Å². The Labute approximate surface area is 160 Å². The first-order valence-corrected chi connectivity index (χ1v) is 9.55. The van der Waals surface area contributed by atoms with Gasteiger partial charge in [-0.25, -0.2) is 15.0 Å². The van der Waals surface area contributed by atoms with E-state index in [-0.39, 0.29) is 0 Å². The van der Waals surface area contributed by atoms with E-state index in [9.17, 15) is 4.39 Å². The summed E-state index contributed by atoms with van der Waals surface area (Å²) in [6.45, 7) is 1.86. The highest BCUT2D eigenvalue weighted by molar-refractivity contribution is 7.21. The Morgan fingerprint density at radius 3 is 2.70 bits per heavy atom. The van der Waals surface area contributed by atoms with Gasteiger partial charge in [-0.15, -0.1) is 11.3 Å². The molecule has 0 aliphatic carbocycles. The largest absolute Gasteiger partial charge is 0.404 e. The first-order valence-electron chi connectivity index (χ1n) is 8.73. The SMILES string of the molecule is CN=CC(=CN)c1ccc2sc(-c3ccc(N4CCCC4)nc3F)nc2n1. The van der Waals surface area contributed by atoms with Crippen LogP contribution in [0.2, 0.25) is 0 Å². The lowest BCUT2D eigenvalue weighted by atomic mass is 10.2. The molecule has 3 aromatic rings. The third-order valence-corrected chi connectivity index (χ3v) is 5.53. The molecule has 27 heavy (non-hydrogen) atoms. The van der Waals surface area contributed by atoms with E-state index >= 15 is 0 Å². The fourth-order valence-electron chi connectivity index (χ4n) is 3.13. The van der Waals surface area contributed by atoms with E-state index in [4.69, 9.17) is 5.73 Å². The number of aromatic nitrogens is 3. The molecule has 0 saturated carbocycles. The van der Waals surface area contributed by atoms with E-state index in [1.807, 2.05) is 18.2 Å². The average Bonchev–Trinajstić information content (AvgIpc) is 3.35. The van der Waals surface area contributed by atoms with Gasteiger partial charge >= 0.3 is 0 Å². The second-order valence-electron chi connectivity index (χ2n) is 6.25. The summed E-state index contributed by atoms with van der Waals surface area (Å²) >= 11 is 1.39. The van der Waals surface area contributed by atoms with Crippen molar-refractivity contribution in [1.82, 2.24) is 15.0 Å². The summed E-state index contributed by atoms with van der Waals surface area (Å²) in [6, 6.07) is 7.39. The quantitative estimate of drug-likeness (QED) is 0.552. The smallest absolute Gasteiger partial charge is 0.225 e. The maximum Gasteiger partial charge on any atom is 0.225 e. The van der Waals surface area contributed by atoms with Crippen LogP contribution in [0, 0.1) is 5.95 Å². The van der Waals surface area contributed by atoms with Gasteiger partial charge in [0.05, 0.1) is 16.0 Å². The summed E-state index contributed by atoms with van der Waals surface area (Å²) in [7, 11) is 1.67. The highest BCUT2D eigenvalue weighted by atomic mass is 32.1. The minimum Gasteiger partial charge on any atom is -0.404 e.